The number of hydrogen-bond donors (Lipinski definition) is 0. The molecule has 2 saturated heterocycles. The molecule has 2 aliphatic rings. The Bertz CT molecular complexity index is 991. The van der Waals surface area contributed by atoms with Crippen LogP contribution in [0.1, 0.15) is 38.1 Å². The van der Waals surface area contributed by atoms with Crippen LogP contribution in [-0.2, 0) is 17.8 Å². The number of rotatable bonds is 5. The summed E-state index contributed by atoms with van der Waals surface area (Å²) in [6.07, 6.45) is 4.18. The number of halogens is 1. The average molecular weight is 434 g/mol. The molecule has 0 radical (unpaired) electrons. The van der Waals surface area contributed by atoms with Gasteiger partial charge in [0.15, 0.2) is 6.23 Å². The lowest BCUT2D eigenvalue weighted by Gasteiger charge is -2.36. The molecule has 2 fully saturated rings. The Morgan fingerprint density at radius 1 is 1.17 bits per heavy atom. The van der Waals surface area contributed by atoms with Gasteiger partial charge in [0.1, 0.15) is 5.02 Å². The summed E-state index contributed by atoms with van der Waals surface area (Å²) in [4.78, 5) is 29.2. The average Bonchev–Trinajstić information content (AvgIpc) is 2.77. The Morgan fingerprint density at radius 3 is 2.67 bits per heavy atom. The van der Waals surface area contributed by atoms with E-state index in [1.54, 1.807) is 16.8 Å². The van der Waals surface area contributed by atoms with E-state index in [9.17, 15) is 9.59 Å². The second-order valence-corrected chi connectivity index (χ2v) is 8.16. The van der Waals surface area contributed by atoms with Crippen LogP contribution in [0, 0.1) is 0 Å². The van der Waals surface area contributed by atoms with Crippen LogP contribution in [0.25, 0.3) is 0 Å². The largest absolute Gasteiger partial charge is 0.366 e. The van der Waals surface area contributed by atoms with E-state index in [0.717, 1.165) is 57.7 Å². The third-order valence-electron chi connectivity index (χ3n) is 5.91. The van der Waals surface area contributed by atoms with E-state index in [4.69, 9.17) is 16.3 Å². The normalized spacial score (nSPS) is 20.5. The van der Waals surface area contributed by atoms with Crippen LogP contribution in [0.5, 0.6) is 0 Å². The zero-order chi connectivity index (χ0) is 21.1. The molecule has 0 bridgehead atoms. The van der Waals surface area contributed by atoms with Crippen molar-refractivity contribution in [3.05, 3.63) is 55.8 Å². The number of nitrogens with zero attached hydrogens (tertiary/aromatic N) is 5. The van der Waals surface area contributed by atoms with Crippen molar-refractivity contribution in [2.45, 2.75) is 45.5 Å². The molecule has 2 aromatic rings. The van der Waals surface area contributed by atoms with Gasteiger partial charge < -0.3 is 14.2 Å². The molecule has 8 nitrogen and oxygen atoms in total. The smallest absolute Gasteiger partial charge is 0.290 e. The number of aromatic nitrogens is 3. The summed E-state index contributed by atoms with van der Waals surface area (Å²) in [6.45, 7) is 7.14. The molecule has 162 valence electrons. The Kier molecular flexibility index (Phi) is 6.55. The van der Waals surface area contributed by atoms with E-state index in [1.165, 1.54) is 4.68 Å². The van der Waals surface area contributed by atoms with Crippen molar-refractivity contribution in [2.24, 2.45) is 0 Å². The van der Waals surface area contributed by atoms with Crippen molar-refractivity contribution in [2.75, 3.05) is 37.7 Å². The predicted molar refractivity (Wildman–Crippen MR) is 116 cm³/mol. The Hall–Kier alpha value is -2.16. The van der Waals surface area contributed by atoms with Gasteiger partial charge in [0, 0.05) is 57.6 Å². The lowest BCUT2D eigenvalue weighted by atomic mass is 10.2. The fraction of sp³-hybridized carbons (Fsp3) is 0.571. The van der Waals surface area contributed by atoms with E-state index < -0.39 is 0 Å². The molecule has 4 rings (SSSR count). The Balaban J connectivity index is 1.43. The topological polar surface area (TPSA) is 72.6 Å². The van der Waals surface area contributed by atoms with Gasteiger partial charge in [-0.1, -0.05) is 17.7 Å². The van der Waals surface area contributed by atoms with Gasteiger partial charge in [-0.15, -0.1) is 0 Å². The first-order chi connectivity index (χ1) is 14.6. The minimum Gasteiger partial charge on any atom is -0.366 e. The summed E-state index contributed by atoms with van der Waals surface area (Å²) in [6, 6.07) is 5.42. The first-order valence-electron chi connectivity index (χ1n) is 10.6. The summed E-state index contributed by atoms with van der Waals surface area (Å²) < 4.78 is 8.86. The summed E-state index contributed by atoms with van der Waals surface area (Å²) in [7, 11) is 0. The molecule has 0 aromatic carbocycles. The van der Waals surface area contributed by atoms with Crippen LogP contribution >= 0.6 is 11.6 Å². The standard InChI is InChI=1S/C21H28ClN5O3/c1-2-26-16(6-5-7-18(26)28)15-24-9-11-25(12-10-24)17-14-23-27(21(29)20(17)22)19-8-3-4-13-30-19/h5-7,14,19H,2-4,8-13,15H2,1H3. The van der Waals surface area contributed by atoms with Gasteiger partial charge >= 0.3 is 0 Å². The molecule has 1 atom stereocenters. The Morgan fingerprint density at radius 2 is 1.97 bits per heavy atom. The molecule has 0 aliphatic carbocycles. The minimum atomic E-state index is -0.323. The number of anilines is 1. The van der Waals surface area contributed by atoms with Crippen molar-refractivity contribution < 1.29 is 4.74 Å². The summed E-state index contributed by atoms with van der Waals surface area (Å²) in [5, 5.41) is 4.56. The fourth-order valence-corrected chi connectivity index (χ4v) is 4.47. The van der Waals surface area contributed by atoms with E-state index in [1.807, 2.05) is 19.1 Å². The summed E-state index contributed by atoms with van der Waals surface area (Å²) in [5.41, 5.74) is 1.44. The highest BCUT2D eigenvalue weighted by Crippen LogP contribution is 2.25. The minimum absolute atomic E-state index is 0.0361. The summed E-state index contributed by atoms with van der Waals surface area (Å²) >= 11 is 6.45. The molecule has 1 unspecified atom stereocenters. The maximum absolute atomic E-state index is 12.8. The fourth-order valence-electron chi connectivity index (χ4n) is 4.21. The molecule has 4 heterocycles. The highest BCUT2D eigenvalue weighted by atomic mass is 35.5. The molecule has 0 spiro atoms. The van der Waals surface area contributed by atoms with Crippen LogP contribution in [0.4, 0.5) is 5.69 Å². The maximum Gasteiger partial charge on any atom is 0.290 e. The van der Waals surface area contributed by atoms with Gasteiger partial charge in [0.2, 0.25) is 0 Å². The predicted octanol–water partition coefficient (Wildman–Crippen LogP) is 2.10. The number of ether oxygens (including phenoxy) is 1. The molecular formula is C21H28ClN5O3. The third kappa shape index (κ3) is 4.31. The van der Waals surface area contributed by atoms with Crippen molar-refractivity contribution in [1.29, 1.82) is 0 Å². The first-order valence-corrected chi connectivity index (χ1v) is 11.0. The van der Waals surface area contributed by atoms with Crippen molar-refractivity contribution in [3.63, 3.8) is 0 Å². The monoisotopic (exact) mass is 433 g/mol. The van der Waals surface area contributed by atoms with E-state index in [0.29, 0.717) is 18.8 Å². The number of hydrogen-bond acceptors (Lipinski definition) is 6. The molecule has 2 aliphatic heterocycles. The third-order valence-corrected chi connectivity index (χ3v) is 6.26. The molecular weight excluding hydrogens is 406 g/mol. The van der Waals surface area contributed by atoms with Crippen molar-refractivity contribution in [1.82, 2.24) is 19.2 Å². The molecule has 0 amide bonds. The van der Waals surface area contributed by atoms with Crippen molar-refractivity contribution in [3.8, 4) is 0 Å². The van der Waals surface area contributed by atoms with Crippen LogP contribution in [0.15, 0.2) is 34.0 Å². The molecule has 0 saturated carbocycles. The highest BCUT2D eigenvalue weighted by Gasteiger charge is 2.24. The van der Waals surface area contributed by atoms with Gasteiger partial charge in [-0.2, -0.15) is 9.78 Å². The highest BCUT2D eigenvalue weighted by molar-refractivity contribution is 6.33. The zero-order valence-corrected chi connectivity index (χ0v) is 18.1. The van der Waals surface area contributed by atoms with E-state index in [-0.39, 0.29) is 22.4 Å². The quantitative estimate of drug-likeness (QED) is 0.719. The van der Waals surface area contributed by atoms with Crippen LogP contribution in [0.2, 0.25) is 5.02 Å². The van der Waals surface area contributed by atoms with Crippen LogP contribution < -0.4 is 16.0 Å². The van der Waals surface area contributed by atoms with Crippen molar-refractivity contribution >= 4 is 17.3 Å². The van der Waals surface area contributed by atoms with Gasteiger partial charge in [-0.05, 0) is 32.3 Å². The first kappa shape index (κ1) is 21.1. The molecule has 0 N–H and O–H groups in total. The number of pyridine rings is 1. The lowest BCUT2D eigenvalue weighted by molar-refractivity contribution is -0.0424. The maximum atomic E-state index is 12.8. The van der Waals surface area contributed by atoms with Gasteiger partial charge in [-0.25, -0.2) is 0 Å². The molecule has 30 heavy (non-hydrogen) atoms. The zero-order valence-electron chi connectivity index (χ0n) is 17.3. The van der Waals surface area contributed by atoms with E-state index in [2.05, 4.69) is 14.9 Å². The second kappa shape index (κ2) is 9.32. The number of piperazine rings is 1. The molecule has 9 heteroatoms. The van der Waals surface area contributed by atoms with Gasteiger partial charge in [0.25, 0.3) is 11.1 Å². The van der Waals surface area contributed by atoms with Gasteiger partial charge in [-0.3, -0.25) is 14.5 Å². The lowest BCUT2D eigenvalue weighted by Crippen LogP contribution is -2.47. The molecule has 2 aromatic heterocycles. The second-order valence-electron chi connectivity index (χ2n) is 7.78. The van der Waals surface area contributed by atoms with Crippen LogP contribution in [0.3, 0.4) is 0 Å². The SMILES string of the molecule is CCn1c(CN2CCN(c3cnn(C4CCCCO4)c(=O)c3Cl)CC2)cccc1=O. The summed E-state index contributed by atoms with van der Waals surface area (Å²) in [5.74, 6) is 0. The van der Waals surface area contributed by atoms with E-state index >= 15 is 0 Å². The van der Waals surface area contributed by atoms with Gasteiger partial charge in [0.05, 0.1) is 11.9 Å². The Labute approximate surface area is 180 Å². The van der Waals surface area contributed by atoms with Crippen LogP contribution in [-0.4, -0.2) is 52.0 Å².